The molecule has 0 radical (unpaired) electrons. The van der Waals surface area contributed by atoms with E-state index in [1.54, 1.807) is 29.2 Å². The molecule has 1 fully saturated rings. The minimum absolute atomic E-state index is 0.0157. The van der Waals surface area contributed by atoms with Crippen LogP contribution in [0.3, 0.4) is 0 Å². The SMILES string of the molecule is C=CCN(c1ccc(C(=O)N(C)C2CCCC2)cc1)S(C)(=O)=O. The Morgan fingerprint density at radius 2 is 1.83 bits per heavy atom. The van der Waals surface area contributed by atoms with E-state index in [-0.39, 0.29) is 12.5 Å². The monoisotopic (exact) mass is 336 g/mol. The predicted molar refractivity (Wildman–Crippen MR) is 93.2 cm³/mol. The van der Waals surface area contributed by atoms with Crippen molar-refractivity contribution in [2.24, 2.45) is 0 Å². The van der Waals surface area contributed by atoms with E-state index in [4.69, 9.17) is 0 Å². The zero-order chi connectivity index (χ0) is 17.0. The number of rotatable bonds is 6. The number of hydrogen-bond acceptors (Lipinski definition) is 3. The lowest BCUT2D eigenvalue weighted by Crippen LogP contribution is -2.35. The van der Waals surface area contributed by atoms with E-state index in [0.29, 0.717) is 17.3 Å². The van der Waals surface area contributed by atoms with Gasteiger partial charge in [-0.25, -0.2) is 8.42 Å². The normalized spacial score (nSPS) is 15.4. The van der Waals surface area contributed by atoms with Crippen molar-refractivity contribution >= 4 is 21.6 Å². The number of carbonyl (C=O) groups is 1. The summed E-state index contributed by atoms with van der Waals surface area (Å²) in [4.78, 5) is 14.3. The van der Waals surface area contributed by atoms with Crippen LogP contribution in [0, 0.1) is 0 Å². The second-order valence-corrected chi connectivity index (χ2v) is 7.89. The molecule has 0 aliphatic heterocycles. The van der Waals surface area contributed by atoms with Gasteiger partial charge in [0.2, 0.25) is 10.0 Å². The van der Waals surface area contributed by atoms with Crippen molar-refractivity contribution in [3.63, 3.8) is 0 Å². The van der Waals surface area contributed by atoms with Crippen molar-refractivity contribution in [1.29, 1.82) is 0 Å². The predicted octanol–water partition coefficient (Wildman–Crippen LogP) is 2.65. The summed E-state index contributed by atoms with van der Waals surface area (Å²) >= 11 is 0. The highest BCUT2D eigenvalue weighted by Gasteiger charge is 2.24. The summed E-state index contributed by atoms with van der Waals surface area (Å²) in [6.07, 6.45) is 7.15. The number of amides is 1. The number of nitrogens with zero attached hydrogens (tertiary/aromatic N) is 2. The Balaban J connectivity index is 2.17. The third-order valence-corrected chi connectivity index (χ3v) is 5.45. The molecule has 0 aromatic heterocycles. The fourth-order valence-corrected chi connectivity index (χ4v) is 3.86. The first-order valence-corrected chi connectivity index (χ1v) is 9.65. The van der Waals surface area contributed by atoms with Crippen molar-refractivity contribution in [1.82, 2.24) is 4.90 Å². The van der Waals surface area contributed by atoms with Crippen LogP contribution >= 0.6 is 0 Å². The lowest BCUT2D eigenvalue weighted by Gasteiger charge is -2.25. The smallest absolute Gasteiger partial charge is 0.253 e. The van der Waals surface area contributed by atoms with E-state index >= 15 is 0 Å². The fraction of sp³-hybridized carbons (Fsp3) is 0.471. The Labute approximate surface area is 138 Å². The van der Waals surface area contributed by atoms with Crippen molar-refractivity contribution in [2.75, 3.05) is 24.2 Å². The third-order valence-electron chi connectivity index (χ3n) is 4.29. The van der Waals surface area contributed by atoms with Crippen LogP contribution in [-0.2, 0) is 10.0 Å². The average molecular weight is 336 g/mol. The second-order valence-electron chi connectivity index (χ2n) is 5.98. The third kappa shape index (κ3) is 4.13. The molecule has 0 N–H and O–H groups in total. The minimum Gasteiger partial charge on any atom is -0.339 e. The van der Waals surface area contributed by atoms with Gasteiger partial charge in [0.15, 0.2) is 0 Å². The summed E-state index contributed by atoms with van der Waals surface area (Å²) in [5, 5.41) is 0. The number of sulfonamides is 1. The molecule has 0 saturated heterocycles. The molecule has 0 heterocycles. The van der Waals surface area contributed by atoms with Gasteiger partial charge >= 0.3 is 0 Å². The first-order valence-electron chi connectivity index (χ1n) is 7.80. The van der Waals surface area contributed by atoms with Crippen LogP contribution in [0.15, 0.2) is 36.9 Å². The molecule has 1 aromatic rings. The van der Waals surface area contributed by atoms with Crippen LogP contribution in [0.4, 0.5) is 5.69 Å². The van der Waals surface area contributed by atoms with Crippen LogP contribution in [0.25, 0.3) is 0 Å². The lowest BCUT2D eigenvalue weighted by molar-refractivity contribution is 0.0735. The second kappa shape index (κ2) is 7.17. The van der Waals surface area contributed by atoms with Gasteiger partial charge in [-0.3, -0.25) is 9.10 Å². The Hall–Kier alpha value is -1.82. The summed E-state index contributed by atoms with van der Waals surface area (Å²) in [6.45, 7) is 3.79. The van der Waals surface area contributed by atoms with Crippen molar-refractivity contribution < 1.29 is 13.2 Å². The van der Waals surface area contributed by atoms with Crippen LogP contribution in [0.5, 0.6) is 0 Å². The van der Waals surface area contributed by atoms with Gasteiger partial charge in [-0.15, -0.1) is 6.58 Å². The molecule has 1 saturated carbocycles. The Morgan fingerprint density at radius 3 is 2.30 bits per heavy atom. The van der Waals surface area contributed by atoms with Gasteiger partial charge in [0.1, 0.15) is 0 Å². The van der Waals surface area contributed by atoms with Gasteiger partial charge in [-0.2, -0.15) is 0 Å². The van der Waals surface area contributed by atoms with Crippen LogP contribution in [0.1, 0.15) is 36.0 Å². The molecule has 0 atom stereocenters. The van der Waals surface area contributed by atoms with E-state index in [1.807, 2.05) is 7.05 Å². The van der Waals surface area contributed by atoms with Crippen molar-refractivity contribution in [3.05, 3.63) is 42.5 Å². The highest BCUT2D eigenvalue weighted by atomic mass is 32.2. The molecule has 1 amide bonds. The van der Waals surface area contributed by atoms with Crippen molar-refractivity contribution in [2.45, 2.75) is 31.7 Å². The molecule has 1 aromatic carbocycles. The van der Waals surface area contributed by atoms with Gasteiger partial charge in [0, 0.05) is 18.7 Å². The first kappa shape index (κ1) is 17.5. The van der Waals surface area contributed by atoms with E-state index in [9.17, 15) is 13.2 Å². The molecular formula is C17H24N2O3S. The summed E-state index contributed by atoms with van der Waals surface area (Å²) < 4.78 is 24.9. The number of hydrogen-bond donors (Lipinski definition) is 0. The summed E-state index contributed by atoms with van der Waals surface area (Å²) in [6, 6.07) is 7.02. The first-order chi connectivity index (χ1) is 10.8. The standard InChI is InChI=1S/C17H24N2O3S/c1-4-13-19(23(3,21)22)16-11-9-14(10-12-16)17(20)18(2)15-7-5-6-8-15/h4,9-12,15H,1,5-8,13H2,2-3H3. The summed E-state index contributed by atoms with van der Waals surface area (Å²) in [7, 11) is -1.54. The highest BCUT2D eigenvalue weighted by molar-refractivity contribution is 7.92. The minimum atomic E-state index is -3.38. The molecular weight excluding hydrogens is 312 g/mol. The Kier molecular flexibility index (Phi) is 5.46. The number of carbonyl (C=O) groups excluding carboxylic acids is 1. The zero-order valence-corrected chi connectivity index (χ0v) is 14.6. The molecule has 1 aliphatic carbocycles. The molecule has 126 valence electrons. The maximum atomic E-state index is 12.5. The van der Waals surface area contributed by atoms with Crippen LogP contribution < -0.4 is 4.31 Å². The van der Waals surface area contributed by atoms with Gasteiger partial charge in [-0.1, -0.05) is 18.9 Å². The average Bonchev–Trinajstić information content (AvgIpc) is 3.04. The number of benzene rings is 1. The molecule has 1 aliphatic rings. The van der Waals surface area contributed by atoms with E-state index in [2.05, 4.69) is 6.58 Å². The summed E-state index contributed by atoms with van der Waals surface area (Å²) in [5.74, 6) is -0.0157. The Bertz CT molecular complexity index is 662. The largest absolute Gasteiger partial charge is 0.339 e. The van der Waals surface area contributed by atoms with Crippen LogP contribution in [-0.4, -0.2) is 45.1 Å². The van der Waals surface area contributed by atoms with Crippen LogP contribution in [0.2, 0.25) is 0 Å². The summed E-state index contributed by atoms with van der Waals surface area (Å²) in [5.41, 5.74) is 1.11. The van der Waals surface area contributed by atoms with Gasteiger partial charge in [-0.05, 0) is 37.1 Å². The molecule has 23 heavy (non-hydrogen) atoms. The van der Waals surface area contributed by atoms with Crippen molar-refractivity contribution in [3.8, 4) is 0 Å². The molecule has 2 rings (SSSR count). The topological polar surface area (TPSA) is 57.7 Å². The maximum Gasteiger partial charge on any atom is 0.253 e. The number of anilines is 1. The van der Waals surface area contributed by atoms with E-state index in [1.165, 1.54) is 23.2 Å². The van der Waals surface area contributed by atoms with Gasteiger partial charge < -0.3 is 4.90 Å². The fourth-order valence-electron chi connectivity index (χ4n) is 2.98. The maximum absolute atomic E-state index is 12.5. The van der Waals surface area contributed by atoms with E-state index in [0.717, 1.165) is 19.1 Å². The molecule has 0 spiro atoms. The highest BCUT2D eigenvalue weighted by Crippen LogP contribution is 2.24. The van der Waals surface area contributed by atoms with Gasteiger partial charge in [0.25, 0.3) is 5.91 Å². The molecule has 6 heteroatoms. The van der Waals surface area contributed by atoms with E-state index < -0.39 is 10.0 Å². The lowest BCUT2D eigenvalue weighted by atomic mass is 10.1. The Morgan fingerprint density at radius 1 is 1.26 bits per heavy atom. The molecule has 5 nitrogen and oxygen atoms in total. The quantitative estimate of drug-likeness (QED) is 0.751. The molecule has 0 unspecified atom stereocenters. The zero-order valence-electron chi connectivity index (χ0n) is 13.7. The van der Waals surface area contributed by atoms with Gasteiger partial charge in [0.05, 0.1) is 18.5 Å². The molecule has 0 bridgehead atoms.